The van der Waals surface area contributed by atoms with Gasteiger partial charge in [-0.05, 0) is 35.7 Å². The Labute approximate surface area is 218 Å². The number of benzene rings is 3. The quantitative estimate of drug-likeness (QED) is 0.351. The number of nitrogens with one attached hydrogen (secondary N) is 1. The molecule has 3 aromatic carbocycles. The van der Waals surface area contributed by atoms with E-state index >= 15 is 0 Å². The van der Waals surface area contributed by atoms with E-state index in [0.29, 0.717) is 46.4 Å². The minimum atomic E-state index is -4.83. The highest BCUT2D eigenvalue weighted by molar-refractivity contribution is 6.30. The van der Waals surface area contributed by atoms with Gasteiger partial charge in [-0.1, -0.05) is 43.6 Å². The summed E-state index contributed by atoms with van der Waals surface area (Å²) in [6.45, 7) is 4.32. The van der Waals surface area contributed by atoms with Crippen LogP contribution in [0.15, 0.2) is 60.7 Å². The van der Waals surface area contributed by atoms with Gasteiger partial charge in [0.15, 0.2) is 0 Å². The second-order valence-electron chi connectivity index (χ2n) is 7.81. The van der Waals surface area contributed by atoms with E-state index in [4.69, 9.17) is 21.1 Å². The van der Waals surface area contributed by atoms with Crippen LogP contribution in [0.2, 0.25) is 5.02 Å². The Hall–Kier alpha value is -3.59. The van der Waals surface area contributed by atoms with Gasteiger partial charge in [0.2, 0.25) is 0 Å². The molecule has 1 unspecified atom stereocenters. The molecular weight excluding hydrogens is 509 g/mol. The van der Waals surface area contributed by atoms with E-state index < -0.39 is 12.4 Å². The minimum absolute atomic E-state index is 0.316. The van der Waals surface area contributed by atoms with Crippen molar-refractivity contribution >= 4 is 28.9 Å². The molecule has 198 valence electrons. The predicted octanol–water partition coefficient (Wildman–Crippen LogP) is 7.02. The molecule has 0 aromatic heterocycles. The Balaban J connectivity index is 0.00000186. The molecule has 6 nitrogen and oxygen atoms in total. The summed E-state index contributed by atoms with van der Waals surface area (Å²) in [5.74, 6) is 0.311. The molecule has 1 amide bonds. The summed E-state index contributed by atoms with van der Waals surface area (Å²) in [6.07, 6.45) is -4.33. The number of hydrogen-bond donors (Lipinski definition) is 1. The molecule has 0 radical (unpaired) electrons. The van der Waals surface area contributed by atoms with Gasteiger partial charge in [0.05, 0.1) is 19.9 Å². The molecule has 0 saturated carbocycles. The van der Waals surface area contributed by atoms with Crippen LogP contribution in [0, 0.1) is 0 Å². The Bertz CT molecular complexity index is 1200. The minimum Gasteiger partial charge on any atom is -0.497 e. The first kappa shape index (κ1) is 28.0. The molecule has 0 saturated heterocycles. The number of nitrogens with zero attached hydrogens (tertiary/aromatic N) is 1. The maximum Gasteiger partial charge on any atom is 0.573 e. The Kier molecular flexibility index (Phi) is 9.15. The van der Waals surface area contributed by atoms with Crippen molar-refractivity contribution in [2.75, 3.05) is 31.0 Å². The number of carbonyl (C=O) groups excluding carboxylic acids is 1. The molecule has 10 heteroatoms. The van der Waals surface area contributed by atoms with Crippen LogP contribution in [0.25, 0.3) is 0 Å². The summed E-state index contributed by atoms with van der Waals surface area (Å²) in [5, 5.41) is 3.72. The highest BCUT2D eigenvalue weighted by Crippen LogP contribution is 2.37. The molecule has 37 heavy (non-hydrogen) atoms. The van der Waals surface area contributed by atoms with Gasteiger partial charge in [-0.25, -0.2) is 0 Å². The Morgan fingerprint density at radius 2 is 1.57 bits per heavy atom. The van der Waals surface area contributed by atoms with Crippen molar-refractivity contribution in [3.8, 4) is 17.2 Å². The summed E-state index contributed by atoms with van der Waals surface area (Å²) >= 11 is 6.04. The standard InChI is InChI=1S/C25H22ClF3N2O4.C2H6/c1-33-20-11-18(12-21(13-20)34-2)30-23(16-3-6-17(26)7-4-16)24(32)31-10-9-15-5-8-19(14-22(15)31)35-25(27,28)29;1-2/h3-8,11-14,23,30H,9-10H2,1-2H3;1-2H3. The Morgan fingerprint density at radius 1 is 0.946 bits per heavy atom. The Morgan fingerprint density at radius 3 is 2.14 bits per heavy atom. The number of amides is 1. The molecule has 1 aliphatic rings. The number of rotatable bonds is 7. The lowest BCUT2D eigenvalue weighted by Gasteiger charge is -2.26. The van der Waals surface area contributed by atoms with Crippen molar-refractivity contribution < 1.29 is 32.2 Å². The molecule has 1 N–H and O–H groups in total. The highest BCUT2D eigenvalue weighted by atomic mass is 35.5. The second-order valence-corrected chi connectivity index (χ2v) is 8.24. The number of halogens is 4. The number of methoxy groups -OCH3 is 2. The largest absolute Gasteiger partial charge is 0.573 e. The van der Waals surface area contributed by atoms with Crippen LogP contribution in [0.5, 0.6) is 17.2 Å². The first-order chi connectivity index (χ1) is 17.7. The van der Waals surface area contributed by atoms with Gasteiger partial charge in [-0.3, -0.25) is 4.79 Å². The number of fused-ring (bicyclic) bond motifs is 1. The fraction of sp³-hybridized carbons (Fsp3) is 0.296. The average molecular weight is 537 g/mol. The first-order valence-corrected chi connectivity index (χ1v) is 12.0. The normalized spacial score (nSPS) is 13.1. The molecule has 1 heterocycles. The van der Waals surface area contributed by atoms with Crippen molar-refractivity contribution in [2.45, 2.75) is 32.7 Å². The number of alkyl halides is 3. The fourth-order valence-corrected chi connectivity index (χ4v) is 4.07. The zero-order valence-electron chi connectivity index (χ0n) is 20.9. The maximum absolute atomic E-state index is 13.8. The summed E-state index contributed by atoms with van der Waals surface area (Å²) < 4.78 is 53.0. The van der Waals surface area contributed by atoms with Crippen LogP contribution in [0.3, 0.4) is 0 Å². The number of ether oxygens (including phenoxy) is 3. The van der Waals surface area contributed by atoms with E-state index in [-0.39, 0.29) is 11.7 Å². The van der Waals surface area contributed by atoms with E-state index in [1.54, 1.807) is 48.5 Å². The van der Waals surface area contributed by atoms with Gasteiger partial charge in [-0.2, -0.15) is 0 Å². The van der Waals surface area contributed by atoms with Crippen LogP contribution >= 0.6 is 11.6 Å². The van der Waals surface area contributed by atoms with Crippen molar-refractivity contribution in [2.24, 2.45) is 0 Å². The zero-order valence-corrected chi connectivity index (χ0v) is 21.6. The van der Waals surface area contributed by atoms with Crippen molar-refractivity contribution in [1.82, 2.24) is 0 Å². The summed E-state index contributed by atoms with van der Waals surface area (Å²) in [4.78, 5) is 15.3. The second kappa shape index (κ2) is 12.1. The highest BCUT2D eigenvalue weighted by Gasteiger charge is 2.34. The third kappa shape index (κ3) is 7.01. The van der Waals surface area contributed by atoms with E-state index in [1.807, 2.05) is 13.8 Å². The van der Waals surface area contributed by atoms with Gasteiger partial charge in [0.1, 0.15) is 23.3 Å². The molecule has 4 rings (SSSR count). The van der Waals surface area contributed by atoms with Crippen LogP contribution < -0.4 is 24.4 Å². The SMILES string of the molecule is CC.COc1cc(NC(C(=O)N2CCc3ccc(OC(F)(F)F)cc32)c2ccc(Cl)cc2)cc(OC)c1. The van der Waals surface area contributed by atoms with Crippen molar-refractivity contribution in [3.63, 3.8) is 0 Å². The number of anilines is 2. The summed E-state index contributed by atoms with van der Waals surface area (Å²) in [7, 11) is 3.03. The third-order valence-electron chi connectivity index (χ3n) is 5.56. The molecule has 0 aliphatic carbocycles. The molecule has 1 aliphatic heterocycles. The topological polar surface area (TPSA) is 60.0 Å². The van der Waals surface area contributed by atoms with Crippen LogP contribution in [-0.2, 0) is 11.2 Å². The average Bonchev–Trinajstić information content (AvgIpc) is 3.30. The molecule has 1 atom stereocenters. The van der Waals surface area contributed by atoms with E-state index in [1.165, 1.54) is 31.3 Å². The van der Waals surface area contributed by atoms with Gasteiger partial charge in [0.25, 0.3) is 5.91 Å². The maximum atomic E-state index is 13.8. The molecule has 0 spiro atoms. The lowest BCUT2D eigenvalue weighted by atomic mass is 10.0. The van der Waals surface area contributed by atoms with Crippen LogP contribution in [0.1, 0.15) is 31.0 Å². The smallest absolute Gasteiger partial charge is 0.497 e. The van der Waals surface area contributed by atoms with Crippen molar-refractivity contribution in [3.05, 3.63) is 76.8 Å². The zero-order chi connectivity index (χ0) is 27.2. The third-order valence-corrected chi connectivity index (χ3v) is 5.82. The van der Waals surface area contributed by atoms with Gasteiger partial charge < -0.3 is 24.4 Å². The van der Waals surface area contributed by atoms with E-state index in [9.17, 15) is 18.0 Å². The summed E-state index contributed by atoms with van der Waals surface area (Å²) in [6, 6.07) is 15.0. The van der Waals surface area contributed by atoms with E-state index in [0.717, 1.165) is 5.56 Å². The summed E-state index contributed by atoms with van der Waals surface area (Å²) in [5.41, 5.74) is 2.31. The van der Waals surface area contributed by atoms with Crippen molar-refractivity contribution in [1.29, 1.82) is 0 Å². The van der Waals surface area contributed by atoms with Gasteiger partial charge in [0, 0.05) is 41.5 Å². The van der Waals surface area contributed by atoms with Crippen LogP contribution in [-0.4, -0.2) is 33.0 Å². The first-order valence-electron chi connectivity index (χ1n) is 11.6. The lowest BCUT2D eigenvalue weighted by Crippen LogP contribution is -2.37. The van der Waals surface area contributed by atoms with Crippen LogP contribution in [0.4, 0.5) is 24.5 Å². The molecular formula is C27H28ClF3N2O4. The monoisotopic (exact) mass is 536 g/mol. The molecule has 0 fully saturated rings. The lowest BCUT2D eigenvalue weighted by molar-refractivity contribution is -0.274. The predicted molar refractivity (Wildman–Crippen MR) is 138 cm³/mol. The van der Waals surface area contributed by atoms with Gasteiger partial charge in [-0.15, -0.1) is 13.2 Å². The fourth-order valence-electron chi connectivity index (χ4n) is 3.94. The van der Waals surface area contributed by atoms with Gasteiger partial charge >= 0.3 is 6.36 Å². The number of carbonyl (C=O) groups is 1. The molecule has 0 bridgehead atoms. The molecule has 3 aromatic rings. The van der Waals surface area contributed by atoms with E-state index in [2.05, 4.69) is 10.1 Å². The number of hydrogen-bond acceptors (Lipinski definition) is 5.